The van der Waals surface area contributed by atoms with E-state index in [2.05, 4.69) is 0 Å². The SMILES string of the molecule is CC1(C)O[C@@H]2C[C@H]3[C@@H]4CCC5=CC(=O)C=C[C@]5(C)[C@@]4(F)[C@@H](OP(=O)(O)O)C[C@]3(C)[C@]2(C(=O)CO)O1.[H-].[Na+]. The van der Waals surface area contributed by atoms with Crippen molar-refractivity contribution in [3.63, 3.8) is 0 Å². The Bertz CT molecular complexity index is 1110. The van der Waals surface area contributed by atoms with Crippen molar-refractivity contribution >= 4 is 19.4 Å². The first-order valence-electron chi connectivity index (χ1n) is 11.9. The van der Waals surface area contributed by atoms with E-state index in [4.69, 9.17) is 14.0 Å². The topological polar surface area (TPSA) is 140 Å². The minimum atomic E-state index is -5.16. The molecule has 0 amide bonds. The molecule has 4 aliphatic carbocycles. The molecule has 36 heavy (non-hydrogen) atoms. The molecule has 4 fully saturated rings. The third-order valence-corrected chi connectivity index (χ3v) is 9.96. The van der Waals surface area contributed by atoms with Crippen LogP contribution >= 0.6 is 7.82 Å². The molecule has 0 aromatic heterocycles. The zero-order valence-corrected chi connectivity index (χ0v) is 24.1. The van der Waals surface area contributed by atoms with Gasteiger partial charge in [-0.05, 0) is 64.5 Å². The van der Waals surface area contributed by atoms with Gasteiger partial charge in [0.15, 0.2) is 28.6 Å². The molecule has 0 radical (unpaired) electrons. The largest absolute Gasteiger partial charge is 1.00 e. The first-order valence-corrected chi connectivity index (χ1v) is 13.5. The Hall–Kier alpha value is -0.260. The number of aliphatic hydroxyl groups is 1. The Morgan fingerprint density at radius 3 is 2.56 bits per heavy atom. The average Bonchev–Trinajstić information content (AvgIpc) is 3.14. The summed E-state index contributed by atoms with van der Waals surface area (Å²) in [7, 11) is -5.16. The van der Waals surface area contributed by atoms with Gasteiger partial charge >= 0.3 is 37.4 Å². The van der Waals surface area contributed by atoms with Crippen LogP contribution in [0.5, 0.6) is 0 Å². The van der Waals surface area contributed by atoms with Crippen molar-refractivity contribution in [3.05, 3.63) is 23.8 Å². The Balaban J connectivity index is 0.00000190. The molecule has 9 nitrogen and oxygen atoms in total. The van der Waals surface area contributed by atoms with E-state index in [-0.39, 0.29) is 49.6 Å². The van der Waals surface area contributed by atoms with E-state index in [0.717, 1.165) is 0 Å². The van der Waals surface area contributed by atoms with Gasteiger partial charge in [0.2, 0.25) is 0 Å². The van der Waals surface area contributed by atoms with Crippen molar-refractivity contribution < 1.29 is 78.4 Å². The minimum absolute atomic E-state index is 0. The molecule has 1 saturated heterocycles. The molecular formula is C24H33FNaO9P. The van der Waals surface area contributed by atoms with Crippen LogP contribution in [0.15, 0.2) is 23.8 Å². The molecule has 8 atom stereocenters. The number of phosphoric ester groups is 1. The summed E-state index contributed by atoms with van der Waals surface area (Å²) in [6, 6.07) is 0. The summed E-state index contributed by atoms with van der Waals surface area (Å²) < 4.78 is 47.4. The molecule has 5 rings (SSSR count). The zero-order chi connectivity index (χ0) is 25.8. The van der Waals surface area contributed by atoms with Crippen LogP contribution in [-0.2, 0) is 28.2 Å². The van der Waals surface area contributed by atoms with Crippen LogP contribution in [0.3, 0.4) is 0 Å². The summed E-state index contributed by atoms with van der Waals surface area (Å²) in [6.45, 7) is 5.88. The molecule has 0 aromatic carbocycles. The van der Waals surface area contributed by atoms with E-state index in [1.54, 1.807) is 27.7 Å². The number of Topliss-reactive ketones (excluding diaryl/α,β-unsaturated/α-hetero) is 1. The number of fused-ring (bicyclic) bond motifs is 7. The number of halogens is 1. The number of phosphoric acid groups is 1. The smallest absolute Gasteiger partial charge is 1.00 e. The summed E-state index contributed by atoms with van der Waals surface area (Å²) >= 11 is 0. The van der Waals surface area contributed by atoms with Gasteiger partial charge in [-0.15, -0.1) is 0 Å². The summed E-state index contributed by atoms with van der Waals surface area (Å²) in [5.41, 5.74) is -5.82. The number of ketones is 2. The number of hydrogen-bond donors (Lipinski definition) is 3. The van der Waals surface area contributed by atoms with Gasteiger partial charge in [-0.1, -0.05) is 18.6 Å². The summed E-state index contributed by atoms with van der Waals surface area (Å²) in [5.74, 6) is -3.26. The van der Waals surface area contributed by atoms with Gasteiger partial charge in [0.25, 0.3) is 0 Å². The molecule has 0 spiro atoms. The van der Waals surface area contributed by atoms with Gasteiger partial charge < -0.3 is 25.8 Å². The molecule has 1 aliphatic heterocycles. The maximum atomic E-state index is 17.7. The zero-order valence-electron chi connectivity index (χ0n) is 22.2. The van der Waals surface area contributed by atoms with Gasteiger partial charge in [0.1, 0.15) is 12.7 Å². The number of alkyl halides is 1. The van der Waals surface area contributed by atoms with Crippen molar-refractivity contribution in [2.45, 2.75) is 82.6 Å². The fourth-order valence-corrected chi connectivity index (χ4v) is 8.73. The second kappa shape index (κ2) is 8.62. The number of carbonyl (C=O) groups excluding carboxylic acids is 2. The van der Waals surface area contributed by atoms with Crippen LogP contribution in [0, 0.1) is 22.7 Å². The summed E-state index contributed by atoms with van der Waals surface area (Å²) in [4.78, 5) is 45.0. The van der Waals surface area contributed by atoms with E-state index < -0.39 is 72.1 Å². The van der Waals surface area contributed by atoms with Gasteiger partial charge in [0, 0.05) is 16.7 Å². The Morgan fingerprint density at radius 2 is 1.94 bits per heavy atom. The summed E-state index contributed by atoms with van der Waals surface area (Å²) in [6.07, 6.45) is 2.52. The first kappa shape index (κ1) is 28.7. The van der Waals surface area contributed by atoms with Crippen LogP contribution < -0.4 is 29.6 Å². The van der Waals surface area contributed by atoms with Crippen molar-refractivity contribution in [1.82, 2.24) is 0 Å². The fraction of sp³-hybridized carbons (Fsp3) is 0.750. The van der Waals surface area contributed by atoms with E-state index in [1.807, 2.05) is 0 Å². The molecule has 0 bridgehead atoms. The van der Waals surface area contributed by atoms with Crippen molar-refractivity contribution in [3.8, 4) is 0 Å². The number of allylic oxidation sites excluding steroid dienone is 4. The monoisotopic (exact) mass is 538 g/mol. The van der Waals surface area contributed by atoms with Crippen LogP contribution in [0.25, 0.3) is 0 Å². The number of hydrogen-bond acceptors (Lipinski definition) is 7. The Labute approximate surface area is 232 Å². The third-order valence-electron chi connectivity index (χ3n) is 9.43. The second-order valence-corrected chi connectivity index (χ2v) is 12.7. The number of ether oxygens (including phenoxy) is 2. The standard InChI is InChI=1S/C24H32FO9P.Na.H/c1-20(2)32-18-10-16-15-6-5-13-9-14(27)7-8-21(13,3)23(15,25)19(33-35(29,30)31)11-22(16,4)24(18,34-20)17(28)12-26;;/h7-9,15-16,18-19,26H,5-6,10-12H2,1-4H3,(H2,29,30,31);;/q;+1;-1/t15-,16-,18+,19-,21-,22-,23-,24+;;/m0../s1. The van der Waals surface area contributed by atoms with Gasteiger partial charge in [0.05, 0.1) is 6.10 Å². The Morgan fingerprint density at radius 1 is 1.28 bits per heavy atom. The first-order chi connectivity index (χ1) is 16.0. The molecule has 3 N–H and O–H groups in total. The summed E-state index contributed by atoms with van der Waals surface area (Å²) in [5, 5.41) is 9.90. The normalized spacial score (nSPS) is 46.7. The maximum absolute atomic E-state index is 17.7. The molecule has 12 heteroatoms. The van der Waals surface area contributed by atoms with Gasteiger partial charge in [-0.2, -0.15) is 0 Å². The molecule has 5 aliphatic rings. The number of carbonyl (C=O) groups is 2. The fourth-order valence-electron chi connectivity index (χ4n) is 8.17. The van der Waals surface area contributed by atoms with Crippen molar-refractivity contribution in [2.75, 3.05) is 6.61 Å². The minimum Gasteiger partial charge on any atom is -1.00 e. The van der Waals surface area contributed by atoms with Crippen LogP contribution in [-0.4, -0.2) is 62.3 Å². The number of aliphatic hydroxyl groups excluding tert-OH is 1. The van der Waals surface area contributed by atoms with E-state index in [0.29, 0.717) is 18.4 Å². The molecule has 196 valence electrons. The molecule has 3 saturated carbocycles. The van der Waals surface area contributed by atoms with Crippen LogP contribution in [0.2, 0.25) is 0 Å². The second-order valence-electron chi connectivity index (χ2n) is 11.5. The molecule has 0 unspecified atom stereocenters. The maximum Gasteiger partial charge on any atom is 1.00 e. The predicted octanol–water partition coefficient (Wildman–Crippen LogP) is -0.348. The third kappa shape index (κ3) is 3.64. The van der Waals surface area contributed by atoms with E-state index in [9.17, 15) is 29.0 Å². The van der Waals surface area contributed by atoms with Crippen LogP contribution in [0.4, 0.5) is 4.39 Å². The molecule has 0 aromatic rings. The number of rotatable bonds is 4. The Kier molecular flexibility index (Phi) is 6.88. The average molecular weight is 538 g/mol. The van der Waals surface area contributed by atoms with E-state index in [1.165, 1.54) is 18.2 Å². The molecule has 1 heterocycles. The van der Waals surface area contributed by atoms with Crippen LogP contribution in [0.1, 0.15) is 54.8 Å². The van der Waals surface area contributed by atoms with Gasteiger partial charge in [-0.25, -0.2) is 8.96 Å². The van der Waals surface area contributed by atoms with Crippen molar-refractivity contribution in [2.24, 2.45) is 22.7 Å². The molecular weight excluding hydrogens is 505 g/mol. The van der Waals surface area contributed by atoms with Crippen molar-refractivity contribution in [1.29, 1.82) is 0 Å². The predicted molar refractivity (Wildman–Crippen MR) is 121 cm³/mol. The van der Waals surface area contributed by atoms with E-state index >= 15 is 4.39 Å². The van der Waals surface area contributed by atoms with Gasteiger partial charge in [-0.3, -0.25) is 14.1 Å². The quantitative estimate of drug-likeness (QED) is 0.324.